The molecule has 168 valence electrons. The topological polar surface area (TPSA) is 92.1 Å². The Labute approximate surface area is 196 Å². The van der Waals surface area contributed by atoms with Crippen LogP contribution in [0.3, 0.4) is 0 Å². The molecule has 0 aliphatic heterocycles. The van der Waals surface area contributed by atoms with Crippen molar-refractivity contribution in [1.82, 2.24) is 4.98 Å². The van der Waals surface area contributed by atoms with E-state index in [0.29, 0.717) is 39.4 Å². The minimum absolute atomic E-state index is 0.144. The lowest BCUT2D eigenvalue weighted by Crippen LogP contribution is -2.17. The molecule has 4 rings (SSSR count). The molecule has 0 fully saturated rings. The lowest BCUT2D eigenvalue weighted by atomic mass is 9.88. The first-order valence-corrected chi connectivity index (χ1v) is 13.0. The minimum atomic E-state index is -0.356. The number of pyridine rings is 1. The van der Waals surface area contributed by atoms with Gasteiger partial charge >= 0.3 is 5.97 Å². The third-order valence-electron chi connectivity index (χ3n) is 5.95. The van der Waals surface area contributed by atoms with E-state index in [-0.39, 0.29) is 18.3 Å². The molecule has 2 aliphatic carbocycles. The fraction of sp³-hybridized carbons (Fsp3) is 0.500. The Kier molecular flexibility index (Phi) is 7.17. The van der Waals surface area contributed by atoms with Crippen molar-refractivity contribution in [2.75, 3.05) is 17.7 Å². The molecule has 1 amide bonds. The molecule has 0 radical (unpaired) electrons. The standard InChI is InChI=1S/C24H27N3O3S2/c1-3-30-24(29)21-17-8-7-14(2)11-19(17)32-23(21)27-20(28)9-10-31-22-16(13-25)12-15-5-4-6-18(15)26-22/h12,14H,3-11H2,1-2H3,(H,27,28). The van der Waals surface area contributed by atoms with Crippen molar-refractivity contribution >= 4 is 40.0 Å². The number of aromatic nitrogens is 1. The van der Waals surface area contributed by atoms with Gasteiger partial charge in [-0.1, -0.05) is 6.92 Å². The van der Waals surface area contributed by atoms with E-state index >= 15 is 0 Å². The number of esters is 1. The highest BCUT2D eigenvalue weighted by atomic mass is 32.2. The van der Waals surface area contributed by atoms with Gasteiger partial charge in [0.2, 0.25) is 5.91 Å². The number of fused-ring (bicyclic) bond motifs is 2. The van der Waals surface area contributed by atoms with Gasteiger partial charge in [-0.3, -0.25) is 4.79 Å². The second kappa shape index (κ2) is 10.1. The van der Waals surface area contributed by atoms with Crippen molar-refractivity contribution in [1.29, 1.82) is 5.26 Å². The number of carbonyl (C=O) groups excluding carboxylic acids is 2. The first-order chi connectivity index (χ1) is 15.5. The van der Waals surface area contributed by atoms with E-state index in [4.69, 9.17) is 4.74 Å². The average Bonchev–Trinajstić information content (AvgIpc) is 3.36. The lowest BCUT2D eigenvalue weighted by Gasteiger charge is -2.18. The SMILES string of the molecule is CCOC(=O)c1c(NC(=O)CCSc2nc3c(cc2C#N)CCC3)sc2c1CCC(C)C2. The highest BCUT2D eigenvalue weighted by Gasteiger charge is 2.29. The number of rotatable bonds is 7. The monoisotopic (exact) mass is 469 g/mol. The molecule has 2 aliphatic rings. The van der Waals surface area contributed by atoms with Gasteiger partial charge in [-0.2, -0.15) is 5.26 Å². The third kappa shape index (κ3) is 4.84. The number of hydrogen-bond donors (Lipinski definition) is 1. The summed E-state index contributed by atoms with van der Waals surface area (Å²) in [7, 11) is 0. The second-order valence-electron chi connectivity index (χ2n) is 8.34. The number of nitrogens with one attached hydrogen (secondary N) is 1. The number of amides is 1. The fourth-order valence-corrected chi connectivity index (χ4v) is 6.66. The van der Waals surface area contributed by atoms with Crippen molar-refractivity contribution in [2.24, 2.45) is 5.92 Å². The van der Waals surface area contributed by atoms with Gasteiger partial charge in [0.05, 0.1) is 17.7 Å². The number of carbonyl (C=O) groups is 2. The molecule has 2 aromatic rings. The molecule has 32 heavy (non-hydrogen) atoms. The van der Waals surface area contributed by atoms with E-state index in [1.165, 1.54) is 33.5 Å². The molecule has 1 atom stereocenters. The van der Waals surface area contributed by atoms with Gasteiger partial charge in [0.15, 0.2) is 0 Å². The first-order valence-electron chi connectivity index (χ1n) is 11.2. The summed E-state index contributed by atoms with van der Waals surface area (Å²) in [6, 6.07) is 4.18. The maximum atomic E-state index is 12.7. The predicted molar refractivity (Wildman–Crippen MR) is 126 cm³/mol. The zero-order valence-corrected chi connectivity index (χ0v) is 20.1. The normalized spacial score (nSPS) is 16.7. The molecule has 0 saturated heterocycles. The largest absolute Gasteiger partial charge is 0.462 e. The van der Waals surface area contributed by atoms with E-state index in [9.17, 15) is 14.9 Å². The van der Waals surface area contributed by atoms with E-state index in [0.717, 1.165) is 49.8 Å². The fourth-order valence-electron chi connectivity index (χ4n) is 4.33. The van der Waals surface area contributed by atoms with Crippen LogP contribution in [0.2, 0.25) is 0 Å². The van der Waals surface area contributed by atoms with Gasteiger partial charge in [-0.05, 0) is 68.6 Å². The number of nitrogens with zero attached hydrogens (tertiary/aromatic N) is 2. The highest BCUT2D eigenvalue weighted by molar-refractivity contribution is 7.99. The van der Waals surface area contributed by atoms with Crippen LogP contribution in [-0.4, -0.2) is 29.2 Å². The summed E-state index contributed by atoms with van der Waals surface area (Å²) >= 11 is 2.94. The van der Waals surface area contributed by atoms with Gasteiger partial charge in [0.1, 0.15) is 16.1 Å². The van der Waals surface area contributed by atoms with Crippen molar-refractivity contribution in [3.63, 3.8) is 0 Å². The molecular formula is C24H27N3O3S2. The van der Waals surface area contributed by atoms with Gasteiger partial charge in [-0.15, -0.1) is 23.1 Å². The molecule has 0 bridgehead atoms. The Bertz CT molecular complexity index is 1090. The van der Waals surface area contributed by atoms with E-state index < -0.39 is 0 Å². The van der Waals surface area contributed by atoms with Crippen LogP contribution in [0.5, 0.6) is 0 Å². The number of thioether (sulfide) groups is 1. The van der Waals surface area contributed by atoms with Crippen LogP contribution < -0.4 is 5.32 Å². The Hall–Kier alpha value is -2.37. The number of aryl methyl sites for hydroxylation is 2. The summed E-state index contributed by atoms with van der Waals surface area (Å²) in [4.78, 5) is 31.2. The number of hydrogen-bond acceptors (Lipinski definition) is 7. The summed E-state index contributed by atoms with van der Waals surface area (Å²) in [6.45, 7) is 4.31. The van der Waals surface area contributed by atoms with Crippen LogP contribution in [0, 0.1) is 17.2 Å². The molecule has 2 heterocycles. The molecule has 1 N–H and O–H groups in total. The number of anilines is 1. The predicted octanol–water partition coefficient (Wildman–Crippen LogP) is 4.93. The summed E-state index contributed by atoms with van der Waals surface area (Å²) in [5.74, 6) is 0.591. The molecule has 6 nitrogen and oxygen atoms in total. The Morgan fingerprint density at radius 1 is 1.38 bits per heavy atom. The van der Waals surface area contributed by atoms with Crippen molar-refractivity contribution in [3.05, 3.63) is 38.9 Å². The lowest BCUT2D eigenvalue weighted by molar-refractivity contribution is -0.115. The van der Waals surface area contributed by atoms with E-state index in [1.807, 2.05) is 6.07 Å². The number of ether oxygens (including phenoxy) is 1. The molecule has 0 spiro atoms. The molecule has 8 heteroatoms. The molecule has 0 aromatic carbocycles. The van der Waals surface area contributed by atoms with Gasteiger partial charge in [0.25, 0.3) is 0 Å². The Balaban J connectivity index is 1.43. The van der Waals surface area contributed by atoms with E-state index in [1.54, 1.807) is 6.92 Å². The zero-order valence-electron chi connectivity index (χ0n) is 18.5. The number of nitriles is 1. The smallest absolute Gasteiger partial charge is 0.341 e. The second-order valence-corrected chi connectivity index (χ2v) is 10.5. The van der Waals surface area contributed by atoms with E-state index in [2.05, 4.69) is 23.3 Å². The Morgan fingerprint density at radius 3 is 3.00 bits per heavy atom. The van der Waals surface area contributed by atoms with Crippen LogP contribution in [0.25, 0.3) is 0 Å². The summed E-state index contributed by atoms with van der Waals surface area (Å²) in [5, 5.41) is 13.7. The van der Waals surface area contributed by atoms with Crippen LogP contribution in [-0.2, 0) is 35.2 Å². The van der Waals surface area contributed by atoms with Crippen LogP contribution >= 0.6 is 23.1 Å². The van der Waals surface area contributed by atoms with Crippen molar-refractivity contribution in [2.45, 2.75) is 63.8 Å². The maximum absolute atomic E-state index is 12.7. The molecule has 1 unspecified atom stereocenters. The van der Waals surface area contributed by atoms with Crippen molar-refractivity contribution < 1.29 is 14.3 Å². The van der Waals surface area contributed by atoms with Crippen LogP contribution in [0.4, 0.5) is 5.00 Å². The van der Waals surface area contributed by atoms with Gasteiger partial charge < -0.3 is 10.1 Å². The van der Waals surface area contributed by atoms with Gasteiger partial charge in [-0.25, -0.2) is 9.78 Å². The molecule has 0 saturated carbocycles. The van der Waals surface area contributed by atoms with Gasteiger partial charge in [0, 0.05) is 22.7 Å². The van der Waals surface area contributed by atoms with Crippen LogP contribution in [0.15, 0.2) is 11.1 Å². The first kappa shape index (κ1) is 22.8. The molecular weight excluding hydrogens is 442 g/mol. The van der Waals surface area contributed by atoms with Crippen LogP contribution in [0.1, 0.15) is 70.7 Å². The summed E-state index contributed by atoms with van der Waals surface area (Å²) in [5.41, 5.74) is 4.41. The summed E-state index contributed by atoms with van der Waals surface area (Å²) in [6.07, 6.45) is 6.10. The minimum Gasteiger partial charge on any atom is -0.462 e. The molecule has 2 aromatic heterocycles. The third-order valence-corrected chi connectivity index (χ3v) is 8.11. The summed E-state index contributed by atoms with van der Waals surface area (Å²) < 4.78 is 5.28. The highest BCUT2D eigenvalue weighted by Crippen LogP contribution is 2.40. The number of thiophene rings is 1. The van der Waals surface area contributed by atoms with Crippen molar-refractivity contribution in [3.8, 4) is 6.07 Å². The quantitative estimate of drug-likeness (QED) is 0.457. The zero-order chi connectivity index (χ0) is 22.7. The maximum Gasteiger partial charge on any atom is 0.341 e. The average molecular weight is 470 g/mol. The Morgan fingerprint density at radius 2 is 2.22 bits per heavy atom.